The van der Waals surface area contributed by atoms with E-state index in [1.54, 1.807) is 16.8 Å². The summed E-state index contributed by atoms with van der Waals surface area (Å²) in [7, 11) is 3.20. The number of carbonyl (C=O) groups is 1. The van der Waals surface area contributed by atoms with Crippen LogP contribution in [0.15, 0.2) is 48.5 Å². The van der Waals surface area contributed by atoms with Crippen molar-refractivity contribution in [2.75, 3.05) is 13.7 Å². The van der Waals surface area contributed by atoms with Crippen LogP contribution in [0, 0.1) is 19.7 Å². The van der Waals surface area contributed by atoms with Gasteiger partial charge < -0.3 is 23.6 Å². The first-order chi connectivity index (χ1) is 26.4. The SMILES string of the molecule is COC(=O)c1c(C)c2c(-c3c(COCc4cc(/C=C/c5cc(O)c6ccc(F)cc6c5)n(C)n4)nn(C)c3C)c(Cl)ccc2n1CCCO[Si](C)(C)C(C)(C)C. The average Bonchev–Trinajstić information content (AvgIpc) is 3.73. The Labute approximate surface area is 333 Å². The van der Waals surface area contributed by atoms with Gasteiger partial charge in [0.1, 0.15) is 17.3 Å². The number of aryl methyl sites for hydroxylation is 4. The molecule has 3 aromatic heterocycles. The summed E-state index contributed by atoms with van der Waals surface area (Å²) >= 11 is 7.06. The van der Waals surface area contributed by atoms with Gasteiger partial charge in [-0.1, -0.05) is 38.4 Å². The number of carbonyl (C=O) groups excluding carboxylic acids is 1. The number of aromatic nitrogens is 5. The van der Waals surface area contributed by atoms with E-state index in [4.69, 9.17) is 30.6 Å². The van der Waals surface area contributed by atoms with Crippen LogP contribution in [0.3, 0.4) is 0 Å². The molecule has 0 aliphatic rings. The first-order valence-corrected chi connectivity index (χ1v) is 22.0. The van der Waals surface area contributed by atoms with Crippen molar-refractivity contribution >= 4 is 59.7 Å². The fraction of sp³-hybridized carbons (Fsp3) is 0.372. The third-order valence-corrected chi connectivity index (χ3v) is 15.9. The molecular weight excluding hydrogens is 749 g/mol. The molecule has 56 heavy (non-hydrogen) atoms. The van der Waals surface area contributed by atoms with E-state index in [0.29, 0.717) is 40.3 Å². The molecule has 0 unspecified atom stereocenters. The number of halogens is 2. The third-order valence-electron chi connectivity index (χ3n) is 11.1. The molecule has 1 N–H and O–H groups in total. The Morgan fingerprint density at radius 1 is 0.982 bits per heavy atom. The van der Waals surface area contributed by atoms with Gasteiger partial charge in [-0.25, -0.2) is 9.18 Å². The number of phenolic OH excluding ortho intramolecular Hbond substituents is 1. The fourth-order valence-electron chi connectivity index (χ4n) is 6.96. The zero-order valence-corrected chi connectivity index (χ0v) is 35.6. The summed E-state index contributed by atoms with van der Waals surface area (Å²) in [6.45, 7) is 16.7. The van der Waals surface area contributed by atoms with Gasteiger partial charge in [0.25, 0.3) is 0 Å². The Morgan fingerprint density at radius 3 is 2.45 bits per heavy atom. The molecule has 0 amide bonds. The summed E-state index contributed by atoms with van der Waals surface area (Å²) in [5.74, 6) is -0.687. The maximum Gasteiger partial charge on any atom is 0.354 e. The highest BCUT2D eigenvalue weighted by molar-refractivity contribution is 6.74. The molecule has 0 aliphatic heterocycles. The van der Waals surface area contributed by atoms with Crippen molar-refractivity contribution in [2.24, 2.45) is 14.1 Å². The maximum atomic E-state index is 13.8. The van der Waals surface area contributed by atoms with Crippen LogP contribution in [0.25, 0.3) is 45.0 Å². The van der Waals surface area contributed by atoms with Gasteiger partial charge in [-0.2, -0.15) is 10.2 Å². The van der Waals surface area contributed by atoms with Crippen LogP contribution < -0.4 is 0 Å². The molecule has 3 aromatic carbocycles. The van der Waals surface area contributed by atoms with Gasteiger partial charge in [-0.05, 0) is 110 Å². The Bertz CT molecular complexity index is 2470. The number of aromatic hydroxyl groups is 1. The number of benzene rings is 3. The first-order valence-electron chi connectivity index (χ1n) is 18.7. The van der Waals surface area contributed by atoms with Crippen LogP contribution in [0.5, 0.6) is 5.75 Å². The fourth-order valence-corrected chi connectivity index (χ4v) is 8.30. The largest absolute Gasteiger partial charge is 0.507 e. The standard InChI is InChI=1S/C43H51ClFN5O5Si/c1-26-38-36(50(41(26)42(52)53-8)18-11-19-55-56(9,10)43(3,4)5)17-16-34(44)40(38)39-27(2)48(6)47-35(39)25-54-24-31-23-32(49(7)46-31)14-12-28-20-29-22-30(45)13-15-33(29)37(51)21-28/h12-17,20-23,51H,11,18-19,24-25H2,1-10H3/b14-12+. The molecule has 3 heterocycles. The van der Waals surface area contributed by atoms with Crippen molar-refractivity contribution in [3.8, 4) is 16.9 Å². The smallest absolute Gasteiger partial charge is 0.354 e. The number of hydrogen-bond donors (Lipinski definition) is 1. The second-order valence-electron chi connectivity index (χ2n) is 15.8. The van der Waals surface area contributed by atoms with E-state index in [-0.39, 0.29) is 29.8 Å². The Balaban J connectivity index is 1.25. The molecule has 0 aliphatic carbocycles. The van der Waals surface area contributed by atoms with Crippen molar-refractivity contribution in [1.29, 1.82) is 0 Å². The number of rotatable bonds is 13. The van der Waals surface area contributed by atoms with Crippen LogP contribution in [-0.2, 0) is 47.8 Å². The highest BCUT2D eigenvalue weighted by atomic mass is 35.5. The first kappa shape index (κ1) is 40.9. The molecule has 296 valence electrons. The molecule has 0 radical (unpaired) electrons. The zero-order chi connectivity index (χ0) is 40.7. The van der Waals surface area contributed by atoms with E-state index < -0.39 is 14.3 Å². The number of methoxy groups -OCH3 is 1. The molecule has 0 bridgehead atoms. The van der Waals surface area contributed by atoms with Gasteiger partial charge in [0.05, 0.1) is 37.4 Å². The van der Waals surface area contributed by atoms with Crippen molar-refractivity contribution in [3.05, 3.63) is 99.0 Å². The van der Waals surface area contributed by atoms with Gasteiger partial charge in [-0.15, -0.1) is 0 Å². The van der Waals surface area contributed by atoms with Gasteiger partial charge >= 0.3 is 5.97 Å². The summed E-state index contributed by atoms with van der Waals surface area (Å²) in [5, 5.41) is 22.7. The second-order valence-corrected chi connectivity index (χ2v) is 21.1. The van der Waals surface area contributed by atoms with Crippen molar-refractivity contribution in [1.82, 2.24) is 24.1 Å². The summed E-state index contributed by atoms with van der Waals surface area (Å²) in [6.07, 6.45) is 4.46. The molecule has 13 heteroatoms. The molecule has 0 fully saturated rings. The summed E-state index contributed by atoms with van der Waals surface area (Å²) < 4.78 is 37.5. The normalized spacial score (nSPS) is 12.5. The number of fused-ring (bicyclic) bond motifs is 2. The molecular formula is C43H51ClFN5O5Si. The van der Waals surface area contributed by atoms with E-state index in [0.717, 1.165) is 56.7 Å². The van der Waals surface area contributed by atoms with E-state index in [1.165, 1.54) is 19.2 Å². The van der Waals surface area contributed by atoms with Crippen molar-refractivity contribution in [2.45, 2.75) is 78.9 Å². The molecule has 0 saturated heterocycles. The maximum absolute atomic E-state index is 13.8. The lowest BCUT2D eigenvalue weighted by Gasteiger charge is -2.36. The van der Waals surface area contributed by atoms with Crippen molar-refractivity contribution in [3.63, 3.8) is 0 Å². The number of phenols is 1. The van der Waals surface area contributed by atoms with Crippen molar-refractivity contribution < 1.29 is 28.2 Å². The highest BCUT2D eigenvalue weighted by Gasteiger charge is 2.37. The Kier molecular flexibility index (Phi) is 11.7. The minimum absolute atomic E-state index is 0.0853. The molecule has 6 aromatic rings. The van der Waals surface area contributed by atoms with E-state index in [1.807, 2.05) is 73.6 Å². The monoisotopic (exact) mass is 799 g/mol. The Hall–Kier alpha value is -4.75. The highest BCUT2D eigenvalue weighted by Crippen LogP contribution is 2.43. The van der Waals surface area contributed by atoms with E-state index in [2.05, 4.69) is 39.0 Å². The molecule has 6 rings (SSSR count). The number of esters is 1. The van der Waals surface area contributed by atoms with Gasteiger partial charge in [-0.3, -0.25) is 9.36 Å². The minimum atomic E-state index is -1.93. The lowest BCUT2D eigenvalue weighted by Crippen LogP contribution is -2.41. The molecule has 0 saturated carbocycles. The summed E-state index contributed by atoms with van der Waals surface area (Å²) in [4.78, 5) is 13.3. The van der Waals surface area contributed by atoms with Crippen LogP contribution in [0.2, 0.25) is 23.2 Å². The number of ether oxygens (including phenoxy) is 2. The lowest BCUT2D eigenvalue weighted by atomic mass is 9.97. The number of nitrogens with zero attached hydrogens (tertiary/aromatic N) is 5. The number of hydrogen-bond acceptors (Lipinski definition) is 7. The van der Waals surface area contributed by atoms with E-state index >= 15 is 0 Å². The van der Waals surface area contributed by atoms with Gasteiger partial charge in [0.15, 0.2) is 8.32 Å². The minimum Gasteiger partial charge on any atom is -0.507 e. The van der Waals surface area contributed by atoms with Crippen LogP contribution >= 0.6 is 11.6 Å². The Morgan fingerprint density at radius 2 is 1.73 bits per heavy atom. The van der Waals surface area contributed by atoms with Crippen LogP contribution in [0.1, 0.15) is 71.6 Å². The third kappa shape index (κ3) is 8.06. The van der Waals surface area contributed by atoms with Gasteiger partial charge in [0.2, 0.25) is 0 Å². The quantitative estimate of drug-likeness (QED) is 0.0704. The summed E-state index contributed by atoms with van der Waals surface area (Å²) in [5.41, 5.74) is 7.67. The average molecular weight is 800 g/mol. The zero-order valence-electron chi connectivity index (χ0n) is 33.9. The molecule has 10 nitrogen and oxygen atoms in total. The molecule has 0 spiro atoms. The predicted octanol–water partition coefficient (Wildman–Crippen LogP) is 10.1. The van der Waals surface area contributed by atoms with Gasteiger partial charge in [0, 0.05) is 65.4 Å². The van der Waals surface area contributed by atoms with Crippen LogP contribution in [0.4, 0.5) is 4.39 Å². The summed E-state index contributed by atoms with van der Waals surface area (Å²) in [6, 6.07) is 13.5. The van der Waals surface area contributed by atoms with E-state index in [9.17, 15) is 14.3 Å². The molecule has 0 atom stereocenters. The lowest BCUT2D eigenvalue weighted by molar-refractivity contribution is 0.0587. The predicted molar refractivity (Wildman–Crippen MR) is 224 cm³/mol. The van der Waals surface area contributed by atoms with Crippen LogP contribution in [-0.4, -0.2) is 57.2 Å². The topological polar surface area (TPSA) is 106 Å². The second kappa shape index (κ2) is 16.0.